The molecule has 1 heterocycles. The van der Waals surface area contributed by atoms with Crippen molar-refractivity contribution in [3.05, 3.63) is 35.6 Å². The number of halogens is 2. The second-order valence-electron chi connectivity index (χ2n) is 7.86. The lowest BCUT2D eigenvalue weighted by molar-refractivity contribution is -0.133. The van der Waals surface area contributed by atoms with Gasteiger partial charge in [-0.05, 0) is 18.1 Å². The van der Waals surface area contributed by atoms with Crippen LogP contribution in [0.15, 0.2) is 29.3 Å². The minimum Gasteiger partial charge on any atom is -0.356 e. The van der Waals surface area contributed by atoms with Gasteiger partial charge >= 0.3 is 0 Å². The standard InChI is InChI=1S/C20H31FN4O.HI/c1-14(2)18(26)25-11-10-15(12-25)24-19(22-5)23-13-20(3,4)16-8-6-7-9-17(16)21;/h6-9,14-15H,10-13H2,1-5H3,(H2,22,23,24);1H. The maximum atomic E-state index is 14.1. The summed E-state index contributed by atoms with van der Waals surface area (Å²) in [4.78, 5) is 18.3. The van der Waals surface area contributed by atoms with E-state index in [2.05, 4.69) is 15.6 Å². The molecule has 1 aliphatic rings. The van der Waals surface area contributed by atoms with Crippen molar-refractivity contribution in [1.82, 2.24) is 15.5 Å². The van der Waals surface area contributed by atoms with Gasteiger partial charge in [0.15, 0.2) is 5.96 Å². The molecule has 27 heavy (non-hydrogen) atoms. The molecule has 0 radical (unpaired) electrons. The Hall–Kier alpha value is -1.38. The first kappa shape index (κ1) is 23.7. The lowest BCUT2D eigenvalue weighted by Crippen LogP contribution is -2.48. The van der Waals surface area contributed by atoms with Crippen molar-refractivity contribution in [2.75, 3.05) is 26.7 Å². The van der Waals surface area contributed by atoms with Crippen molar-refractivity contribution in [1.29, 1.82) is 0 Å². The largest absolute Gasteiger partial charge is 0.356 e. The van der Waals surface area contributed by atoms with Gasteiger partial charge in [-0.2, -0.15) is 0 Å². The van der Waals surface area contributed by atoms with Gasteiger partial charge in [0, 0.05) is 44.1 Å². The summed E-state index contributed by atoms with van der Waals surface area (Å²) in [5, 5.41) is 6.68. The summed E-state index contributed by atoms with van der Waals surface area (Å²) in [6, 6.07) is 7.04. The number of nitrogens with zero attached hydrogens (tertiary/aromatic N) is 2. The molecule has 7 heteroatoms. The maximum absolute atomic E-state index is 14.1. The number of hydrogen-bond acceptors (Lipinski definition) is 2. The smallest absolute Gasteiger partial charge is 0.225 e. The minimum atomic E-state index is -0.377. The number of aliphatic imine (C=N–C) groups is 1. The van der Waals surface area contributed by atoms with Crippen LogP contribution >= 0.6 is 24.0 Å². The van der Waals surface area contributed by atoms with E-state index in [4.69, 9.17) is 0 Å². The Morgan fingerprint density at radius 3 is 2.63 bits per heavy atom. The maximum Gasteiger partial charge on any atom is 0.225 e. The number of likely N-dealkylation sites (tertiary alicyclic amines) is 1. The normalized spacial score (nSPS) is 17.7. The van der Waals surface area contributed by atoms with E-state index in [1.54, 1.807) is 13.1 Å². The Bertz CT molecular complexity index is 663. The van der Waals surface area contributed by atoms with Crippen LogP contribution < -0.4 is 10.6 Å². The second kappa shape index (κ2) is 10.2. The number of amides is 1. The van der Waals surface area contributed by atoms with Gasteiger partial charge in [-0.3, -0.25) is 9.79 Å². The fraction of sp³-hybridized carbons (Fsp3) is 0.600. The van der Waals surface area contributed by atoms with Gasteiger partial charge in [-0.25, -0.2) is 4.39 Å². The lowest BCUT2D eigenvalue weighted by atomic mass is 9.84. The minimum absolute atomic E-state index is 0. The summed E-state index contributed by atoms with van der Waals surface area (Å²) in [5.41, 5.74) is 0.302. The van der Waals surface area contributed by atoms with E-state index in [0.29, 0.717) is 24.6 Å². The number of carbonyl (C=O) groups excluding carboxylic acids is 1. The molecule has 1 saturated heterocycles. The first-order valence-corrected chi connectivity index (χ1v) is 9.25. The predicted octanol–water partition coefficient (Wildman–Crippen LogP) is 3.14. The van der Waals surface area contributed by atoms with Crippen molar-refractivity contribution in [3.8, 4) is 0 Å². The summed E-state index contributed by atoms with van der Waals surface area (Å²) in [6.07, 6.45) is 0.899. The summed E-state index contributed by atoms with van der Waals surface area (Å²) in [6.45, 7) is 9.87. The Balaban J connectivity index is 0.00000364. The fourth-order valence-electron chi connectivity index (χ4n) is 3.24. The third-order valence-electron chi connectivity index (χ3n) is 4.86. The van der Waals surface area contributed by atoms with Gasteiger partial charge in [0.25, 0.3) is 0 Å². The first-order valence-electron chi connectivity index (χ1n) is 9.25. The summed E-state index contributed by atoms with van der Waals surface area (Å²) in [5.74, 6) is 0.699. The summed E-state index contributed by atoms with van der Waals surface area (Å²) >= 11 is 0. The van der Waals surface area contributed by atoms with E-state index >= 15 is 0 Å². The molecule has 1 amide bonds. The number of nitrogens with one attached hydrogen (secondary N) is 2. The van der Waals surface area contributed by atoms with Crippen molar-refractivity contribution >= 4 is 35.8 Å². The molecule has 1 unspecified atom stereocenters. The van der Waals surface area contributed by atoms with Crippen molar-refractivity contribution in [2.24, 2.45) is 10.9 Å². The van der Waals surface area contributed by atoms with E-state index in [-0.39, 0.29) is 53.1 Å². The third kappa shape index (κ3) is 6.33. The molecule has 1 aliphatic heterocycles. The Kier molecular flexibility index (Phi) is 8.98. The zero-order valence-electron chi connectivity index (χ0n) is 16.9. The fourth-order valence-corrected chi connectivity index (χ4v) is 3.24. The molecule has 0 aromatic heterocycles. The molecule has 1 atom stereocenters. The van der Waals surface area contributed by atoms with Crippen molar-refractivity contribution < 1.29 is 9.18 Å². The monoisotopic (exact) mass is 490 g/mol. The van der Waals surface area contributed by atoms with Gasteiger partial charge in [-0.1, -0.05) is 45.9 Å². The highest BCUT2D eigenvalue weighted by atomic mass is 127. The number of rotatable bonds is 5. The molecule has 2 N–H and O–H groups in total. The third-order valence-corrected chi connectivity index (χ3v) is 4.86. The summed E-state index contributed by atoms with van der Waals surface area (Å²) < 4.78 is 14.1. The molecule has 0 bridgehead atoms. The number of benzene rings is 1. The SMILES string of the molecule is CN=C(NCC(C)(C)c1ccccc1F)NC1CCN(C(=O)C(C)C)C1.I. The average Bonchev–Trinajstić information content (AvgIpc) is 3.06. The molecule has 0 aliphatic carbocycles. The highest BCUT2D eigenvalue weighted by Gasteiger charge is 2.29. The molecule has 0 saturated carbocycles. The van der Waals surface area contributed by atoms with E-state index in [1.165, 1.54) is 6.07 Å². The van der Waals surface area contributed by atoms with E-state index in [1.807, 2.05) is 44.7 Å². The van der Waals surface area contributed by atoms with Gasteiger partial charge in [-0.15, -0.1) is 24.0 Å². The topological polar surface area (TPSA) is 56.7 Å². The van der Waals surface area contributed by atoms with E-state index < -0.39 is 0 Å². The highest BCUT2D eigenvalue weighted by Crippen LogP contribution is 2.24. The quantitative estimate of drug-likeness (QED) is 0.379. The molecular weight excluding hydrogens is 458 g/mol. The molecule has 0 spiro atoms. The molecule has 2 rings (SSSR count). The van der Waals surface area contributed by atoms with E-state index in [0.717, 1.165) is 13.0 Å². The Morgan fingerprint density at radius 2 is 2.04 bits per heavy atom. The molecule has 1 fully saturated rings. The van der Waals surface area contributed by atoms with Crippen molar-refractivity contribution in [3.63, 3.8) is 0 Å². The van der Waals surface area contributed by atoms with Crippen LogP contribution in [0.4, 0.5) is 4.39 Å². The van der Waals surface area contributed by atoms with E-state index in [9.17, 15) is 9.18 Å². The Labute approximate surface area is 179 Å². The molecule has 152 valence electrons. The molecular formula is C20H32FIN4O. The van der Waals surface area contributed by atoms with Crippen molar-refractivity contribution in [2.45, 2.75) is 45.6 Å². The zero-order valence-corrected chi connectivity index (χ0v) is 19.2. The molecule has 1 aromatic carbocycles. The average molecular weight is 490 g/mol. The number of carbonyl (C=O) groups is 1. The van der Waals surface area contributed by atoms with Gasteiger partial charge in [0.1, 0.15) is 5.82 Å². The van der Waals surface area contributed by atoms with Crippen LogP contribution in [0.3, 0.4) is 0 Å². The van der Waals surface area contributed by atoms with Gasteiger partial charge < -0.3 is 15.5 Å². The summed E-state index contributed by atoms with van der Waals surface area (Å²) in [7, 11) is 1.72. The van der Waals surface area contributed by atoms with Crippen LogP contribution in [-0.2, 0) is 10.2 Å². The van der Waals surface area contributed by atoms with Crippen LogP contribution in [0, 0.1) is 11.7 Å². The second-order valence-corrected chi connectivity index (χ2v) is 7.86. The first-order chi connectivity index (χ1) is 12.2. The van der Waals surface area contributed by atoms with Crippen LogP contribution in [0.1, 0.15) is 39.7 Å². The van der Waals surface area contributed by atoms with Crippen LogP contribution in [0.2, 0.25) is 0 Å². The molecule has 5 nitrogen and oxygen atoms in total. The number of hydrogen-bond donors (Lipinski definition) is 2. The van der Waals surface area contributed by atoms with Crippen LogP contribution in [0.5, 0.6) is 0 Å². The van der Waals surface area contributed by atoms with Crippen LogP contribution in [-0.4, -0.2) is 49.5 Å². The predicted molar refractivity (Wildman–Crippen MR) is 119 cm³/mol. The zero-order chi connectivity index (χ0) is 19.3. The molecule has 1 aromatic rings. The Morgan fingerprint density at radius 1 is 1.37 bits per heavy atom. The van der Waals surface area contributed by atoms with Crippen LogP contribution in [0.25, 0.3) is 0 Å². The van der Waals surface area contributed by atoms with Gasteiger partial charge in [0.05, 0.1) is 0 Å². The highest BCUT2D eigenvalue weighted by molar-refractivity contribution is 14.0. The van der Waals surface area contributed by atoms with Gasteiger partial charge in [0.2, 0.25) is 5.91 Å². The number of guanidine groups is 1. The lowest BCUT2D eigenvalue weighted by Gasteiger charge is -2.28.